The highest BCUT2D eigenvalue weighted by Crippen LogP contribution is 2.21. The fourth-order valence-electron chi connectivity index (χ4n) is 2.58. The zero-order chi connectivity index (χ0) is 13.8. The van der Waals surface area contributed by atoms with Gasteiger partial charge in [-0.1, -0.05) is 29.8 Å². The molecule has 2 atom stereocenters. The number of amides is 1. The lowest BCUT2D eigenvalue weighted by Gasteiger charge is -2.34. The van der Waals surface area contributed by atoms with Crippen LogP contribution in [-0.4, -0.2) is 29.9 Å². The number of rotatable bonds is 3. The Kier molecular flexibility index (Phi) is 4.83. The van der Waals surface area contributed by atoms with Crippen LogP contribution in [-0.2, 0) is 11.2 Å². The second kappa shape index (κ2) is 6.40. The molecule has 1 amide bonds. The second-order valence-electron chi connectivity index (χ2n) is 5.37. The number of hydrogen-bond acceptors (Lipinski definition) is 2. The zero-order valence-corrected chi connectivity index (χ0v) is 12.1. The van der Waals surface area contributed by atoms with Gasteiger partial charge in [-0.05, 0) is 37.3 Å². The lowest BCUT2D eigenvalue weighted by molar-refractivity contribution is -0.132. The maximum absolute atomic E-state index is 12.3. The first-order valence-corrected chi connectivity index (χ1v) is 7.22. The molecule has 1 aromatic rings. The van der Waals surface area contributed by atoms with Crippen LogP contribution in [0.3, 0.4) is 0 Å². The van der Waals surface area contributed by atoms with Crippen molar-refractivity contribution in [2.45, 2.75) is 32.2 Å². The van der Waals surface area contributed by atoms with E-state index in [9.17, 15) is 4.79 Å². The Morgan fingerprint density at radius 2 is 2.26 bits per heavy atom. The van der Waals surface area contributed by atoms with Gasteiger partial charge in [0.15, 0.2) is 0 Å². The molecule has 1 fully saturated rings. The van der Waals surface area contributed by atoms with E-state index in [2.05, 4.69) is 0 Å². The molecule has 19 heavy (non-hydrogen) atoms. The Labute approximate surface area is 119 Å². The molecular formula is C15H21ClN2O. The Hall–Kier alpha value is -1.06. The molecule has 1 aliphatic rings. The van der Waals surface area contributed by atoms with E-state index in [1.165, 1.54) is 0 Å². The van der Waals surface area contributed by atoms with Crippen LogP contribution in [0.25, 0.3) is 0 Å². The van der Waals surface area contributed by atoms with Gasteiger partial charge in [0.1, 0.15) is 0 Å². The predicted molar refractivity (Wildman–Crippen MR) is 78.1 cm³/mol. The van der Waals surface area contributed by atoms with Crippen LogP contribution in [0.15, 0.2) is 24.3 Å². The summed E-state index contributed by atoms with van der Waals surface area (Å²) in [4.78, 5) is 14.2. The van der Waals surface area contributed by atoms with Crippen molar-refractivity contribution in [1.82, 2.24) is 4.90 Å². The lowest BCUT2D eigenvalue weighted by Crippen LogP contribution is -2.45. The van der Waals surface area contributed by atoms with Crippen molar-refractivity contribution >= 4 is 17.5 Å². The summed E-state index contributed by atoms with van der Waals surface area (Å²) in [5.74, 6) is 0.572. The Morgan fingerprint density at radius 3 is 2.95 bits per heavy atom. The molecular weight excluding hydrogens is 260 g/mol. The summed E-state index contributed by atoms with van der Waals surface area (Å²) in [5, 5.41) is 0.664. The van der Waals surface area contributed by atoms with Gasteiger partial charge in [0.25, 0.3) is 0 Å². The van der Waals surface area contributed by atoms with Gasteiger partial charge in [-0.2, -0.15) is 0 Å². The van der Waals surface area contributed by atoms with Crippen molar-refractivity contribution in [3.63, 3.8) is 0 Å². The van der Waals surface area contributed by atoms with Crippen LogP contribution < -0.4 is 5.73 Å². The molecule has 4 heteroatoms. The summed E-state index contributed by atoms with van der Waals surface area (Å²) in [7, 11) is 0. The fourth-order valence-corrected chi connectivity index (χ4v) is 2.78. The normalized spacial score (nSPS) is 21.2. The first kappa shape index (κ1) is 14.4. The summed E-state index contributed by atoms with van der Waals surface area (Å²) in [6.07, 6.45) is 2.54. The zero-order valence-electron chi connectivity index (χ0n) is 11.3. The van der Waals surface area contributed by atoms with E-state index in [0.29, 0.717) is 17.4 Å². The van der Waals surface area contributed by atoms with Crippen LogP contribution in [0, 0.1) is 5.92 Å². The summed E-state index contributed by atoms with van der Waals surface area (Å²) in [5.41, 5.74) is 6.85. The molecule has 2 N–H and O–H groups in total. The number of halogens is 1. The molecule has 0 unspecified atom stereocenters. The Bertz CT molecular complexity index is 448. The summed E-state index contributed by atoms with van der Waals surface area (Å²) in [6, 6.07) is 7.67. The summed E-state index contributed by atoms with van der Waals surface area (Å²) in [6.45, 7) is 3.64. The Morgan fingerprint density at radius 1 is 1.53 bits per heavy atom. The lowest BCUT2D eigenvalue weighted by atomic mass is 9.92. The Balaban J connectivity index is 1.98. The average molecular weight is 281 g/mol. The van der Waals surface area contributed by atoms with Gasteiger partial charge in [-0.3, -0.25) is 4.79 Å². The molecule has 1 aromatic carbocycles. The van der Waals surface area contributed by atoms with Crippen LogP contribution in [0.1, 0.15) is 25.3 Å². The minimum Gasteiger partial charge on any atom is -0.342 e. The quantitative estimate of drug-likeness (QED) is 0.924. The standard InChI is InChI=1S/C15H21ClN2O/c1-11(17)13-6-4-8-18(10-13)15(19)9-12-5-2-3-7-14(12)16/h2-3,5,7,11,13H,4,6,8-10,17H2,1H3/t11-,13+/m1/s1. The van der Waals surface area contributed by atoms with Gasteiger partial charge in [-0.25, -0.2) is 0 Å². The molecule has 0 radical (unpaired) electrons. The SMILES string of the molecule is C[C@@H](N)[C@H]1CCCN(C(=O)Cc2ccccc2Cl)C1. The van der Waals surface area contributed by atoms with Crippen molar-refractivity contribution in [2.24, 2.45) is 11.7 Å². The van der Waals surface area contributed by atoms with Gasteiger partial charge >= 0.3 is 0 Å². The molecule has 3 nitrogen and oxygen atoms in total. The third kappa shape index (κ3) is 3.71. The van der Waals surface area contributed by atoms with Crippen molar-refractivity contribution in [2.75, 3.05) is 13.1 Å². The molecule has 0 aliphatic carbocycles. The number of hydrogen-bond donors (Lipinski definition) is 1. The van der Waals surface area contributed by atoms with Crippen molar-refractivity contribution in [1.29, 1.82) is 0 Å². The van der Waals surface area contributed by atoms with Crippen molar-refractivity contribution in [3.8, 4) is 0 Å². The molecule has 0 saturated carbocycles. The number of piperidine rings is 1. The van der Waals surface area contributed by atoms with E-state index in [1.54, 1.807) is 0 Å². The average Bonchev–Trinajstić information content (AvgIpc) is 2.41. The molecule has 0 spiro atoms. The first-order chi connectivity index (χ1) is 9.08. The molecule has 2 rings (SSSR count). The third-order valence-corrected chi connectivity index (χ3v) is 4.22. The number of carbonyl (C=O) groups excluding carboxylic acids is 1. The van der Waals surface area contributed by atoms with Gasteiger partial charge in [0.05, 0.1) is 6.42 Å². The molecule has 0 aromatic heterocycles. The van der Waals surface area contributed by atoms with Crippen LogP contribution in [0.5, 0.6) is 0 Å². The van der Waals surface area contributed by atoms with Gasteiger partial charge in [-0.15, -0.1) is 0 Å². The van der Waals surface area contributed by atoms with Crippen LogP contribution >= 0.6 is 11.6 Å². The van der Waals surface area contributed by atoms with Gasteiger partial charge < -0.3 is 10.6 Å². The van der Waals surface area contributed by atoms with Gasteiger partial charge in [0.2, 0.25) is 5.91 Å². The smallest absolute Gasteiger partial charge is 0.227 e. The predicted octanol–water partition coefficient (Wildman–Crippen LogP) is 2.47. The molecule has 1 aliphatic heterocycles. The van der Waals surface area contributed by atoms with Crippen molar-refractivity contribution in [3.05, 3.63) is 34.9 Å². The highest BCUT2D eigenvalue weighted by Gasteiger charge is 2.25. The van der Waals surface area contributed by atoms with E-state index < -0.39 is 0 Å². The topological polar surface area (TPSA) is 46.3 Å². The van der Waals surface area contributed by atoms with Crippen LogP contribution in [0.2, 0.25) is 5.02 Å². The molecule has 0 bridgehead atoms. The molecule has 1 heterocycles. The number of nitrogens with two attached hydrogens (primary N) is 1. The minimum absolute atomic E-state index is 0.149. The molecule has 1 saturated heterocycles. The van der Waals surface area contributed by atoms with E-state index in [4.69, 9.17) is 17.3 Å². The van der Waals surface area contributed by atoms with Gasteiger partial charge in [0, 0.05) is 24.2 Å². The number of nitrogens with zero attached hydrogens (tertiary/aromatic N) is 1. The fraction of sp³-hybridized carbons (Fsp3) is 0.533. The minimum atomic E-state index is 0.149. The highest BCUT2D eigenvalue weighted by atomic mass is 35.5. The maximum atomic E-state index is 12.3. The summed E-state index contributed by atoms with van der Waals surface area (Å²) < 4.78 is 0. The van der Waals surface area contributed by atoms with E-state index in [1.807, 2.05) is 36.1 Å². The van der Waals surface area contributed by atoms with Crippen LogP contribution in [0.4, 0.5) is 0 Å². The number of likely N-dealkylation sites (tertiary alicyclic amines) is 1. The largest absolute Gasteiger partial charge is 0.342 e. The number of carbonyl (C=O) groups is 1. The first-order valence-electron chi connectivity index (χ1n) is 6.84. The maximum Gasteiger partial charge on any atom is 0.227 e. The third-order valence-electron chi connectivity index (χ3n) is 3.85. The number of benzene rings is 1. The highest BCUT2D eigenvalue weighted by molar-refractivity contribution is 6.31. The van der Waals surface area contributed by atoms with E-state index >= 15 is 0 Å². The van der Waals surface area contributed by atoms with E-state index in [-0.39, 0.29) is 11.9 Å². The monoisotopic (exact) mass is 280 g/mol. The van der Waals surface area contributed by atoms with Crippen molar-refractivity contribution < 1.29 is 4.79 Å². The molecule has 104 valence electrons. The van der Waals surface area contributed by atoms with E-state index in [0.717, 1.165) is 31.5 Å². The summed E-state index contributed by atoms with van der Waals surface area (Å²) >= 11 is 6.10. The second-order valence-corrected chi connectivity index (χ2v) is 5.78.